The molecule has 0 unspecified atom stereocenters. The summed E-state index contributed by atoms with van der Waals surface area (Å²) < 4.78 is 5.07. The van der Waals surface area contributed by atoms with Crippen LogP contribution in [0.3, 0.4) is 0 Å². The molecule has 0 aromatic heterocycles. The summed E-state index contributed by atoms with van der Waals surface area (Å²) >= 11 is 0. The lowest BCUT2D eigenvalue weighted by Gasteiger charge is -2.36. The Hall–Kier alpha value is -3.35. The van der Waals surface area contributed by atoms with Crippen molar-refractivity contribution in [2.24, 2.45) is 0 Å². The van der Waals surface area contributed by atoms with Gasteiger partial charge in [0.1, 0.15) is 0 Å². The highest BCUT2D eigenvalue weighted by molar-refractivity contribution is 6.13. The van der Waals surface area contributed by atoms with E-state index < -0.39 is 0 Å². The van der Waals surface area contributed by atoms with Crippen LogP contribution in [-0.4, -0.2) is 53.4 Å². The number of ether oxygens (including phenoxy) is 1. The largest absolute Gasteiger partial charge is 0.450 e. The summed E-state index contributed by atoms with van der Waals surface area (Å²) in [5, 5.41) is 2.89. The standard InChI is InChI=1S/C24H27N3O4/c1-3-31-24(30)26-13-11-19(12-14-26)27-15-17-5-4-6-20(21(17)23(27)29)22(28)25-18-9-7-16(2)8-10-18/h4-10,19H,3,11-15H2,1-2H3,(H,25,28). The minimum atomic E-state index is -0.299. The van der Waals surface area contributed by atoms with Crippen molar-refractivity contribution >= 4 is 23.6 Å². The molecule has 0 bridgehead atoms. The van der Waals surface area contributed by atoms with E-state index in [-0.39, 0.29) is 23.9 Å². The third kappa shape index (κ3) is 4.26. The Morgan fingerprint density at radius 3 is 2.48 bits per heavy atom. The number of nitrogens with one attached hydrogen (secondary N) is 1. The molecule has 0 aliphatic carbocycles. The average Bonchev–Trinajstić information content (AvgIpc) is 3.12. The number of hydrogen-bond acceptors (Lipinski definition) is 4. The highest BCUT2D eigenvalue weighted by atomic mass is 16.6. The van der Waals surface area contributed by atoms with Crippen LogP contribution in [0.15, 0.2) is 42.5 Å². The molecule has 1 N–H and O–H groups in total. The second-order valence-electron chi connectivity index (χ2n) is 8.01. The number of piperidine rings is 1. The van der Waals surface area contributed by atoms with Gasteiger partial charge in [-0.05, 0) is 50.5 Å². The van der Waals surface area contributed by atoms with Crippen LogP contribution in [0.2, 0.25) is 0 Å². The van der Waals surface area contributed by atoms with Crippen LogP contribution in [0.1, 0.15) is 51.6 Å². The maximum Gasteiger partial charge on any atom is 0.409 e. The van der Waals surface area contributed by atoms with Crippen LogP contribution in [0.4, 0.5) is 10.5 Å². The lowest BCUT2D eigenvalue weighted by molar-refractivity contribution is 0.0556. The maximum absolute atomic E-state index is 13.3. The van der Waals surface area contributed by atoms with Gasteiger partial charge >= 0.3 is 6.09 Å². The number of nitrogens with zero attached hydrogens (tertiary/aromatic N) is 2. The van der Waals surface area contributed by atoms with Crippen molar-refractivity contribution in [2.75, 3.05) is 25.0 Å². The van der Waals surface area contributed by atoms with Gasteiger partial charge in [-0.25, -0.2) is 4.79 Å². The number of hydrogen-bond donors (Lipinski definition) is 1. The van der Waals surface area contributed by atoms with Gasteiger partial charge in [0, 0.05) is 31.4 Å². The maximum atomic E-state index is 13.3. The summed E-state index contributed by atoms with van der Waals surface area (Å²) in [7, 11) is 0. The summed E-state index contributed by atoms with van der Waals surface area (Å²) in [6, 6.07) is 13.0. The van der Waals surface area contributed by atoms with Gasteiger partial charge in [-0.2, -0.15) is 0 Å². The Balaban J connectivity index is 1.47. The molecule has 0 saturated carbocycles. The van der Waals surface area contributed by atoms with Crippen LogP contribution in [0, 0.1) is 6.92 Å². The van der Waals surface area contributed by atoms with Crippen LogP contribution < -0.4 is 5.32 Å². The quantitative estimate of drug-likeness (QED) is 0.814. The second kappa shape index (κ2) is 8.79. The van der Waals surface area contributed by atoms with Gasteiger partial charge in [0.15, 0.2) is 0 Å². The SMILES string of the molecule is CCOC(=O)N1CCC(N2Cc3cccc(C(=O)Nc4ccc(C)cc4)c3C2=O)CC1. The first-order valence-electron chi connectivity index (χ1n) is 10.7. The van der Waals surface area contributed by atoms with Crippen molar-refractivity contribution in [1.29, 1.82) is 0 Å². The van der Waals surface area contributed by atoms with Crippen molar-refractivity contribution in [3.05, 3.63) is 64.7 Å². The van der Waals surface area contributed by atoms with Gasteiger partial charge in [-0.1, -0.05) is 29.8 Å². The molecule has 2 aromatic carbocycles. The molecule has 4 rings (SSSR count). The van der Waals surface area contributed by atoms with E-state index in [1.165, 1.54) is 0 Å². The Kier molecular flexibility index (Phi) is 5.93. The zero-order chi connectivity index (χ0) is 22.0. The molecule has 3 amide bonds. The van der Waals surface area contributed by atoms with Crippen molar-refractivity contribution in [3.63, 3.8) is 0 Å². The topological polar surface area (TPSA) is 79.0 Å². The molecular weight excluding hydrogens is 394 g/mol. The zero-order valence-corrected chi connectivity index (χ0v) is 17.9. The number of fused-ring (bicyclic) bond motifs is 1. The number of aryl methyl sites for hydroxylation is 1. The number of amides is 3. The van der Waals surface area contributed by atoms with E-state index >= 15 is 0 Å². The number of carbonyl (C=O) groups is 3. The molecule has 7 nitrogen and oxygen atoms in total. The van der Waals surface area contributed by atoms with Gasteiger partial charge in [-0.15, -0.1) is 0 Å². The Labute approximate surface area is 182 Å². The predicted octanol–water partition coefficient (Wildman–Crippen LogP) is 3.82. The minimum absolute atomic E-state index is 0.0404. The summed E-state index contributed by atoms with van der Waals surface area (Å²) in [6.45, 7) is 5.74. The van der Waals surface area contributed by atoms with Crippen LogP contribution in [0.25, 0.3) is 0 Å². The summed E-state index contributed by atoms with van der Waals surface area (Å²) in [6.07, 6.45) is 1.10. The summed E-state index contributed by atoms with van der Waals surface area (Å²) in [5.41, 5.74) is 3.56. The summed E-state index contributed by atoms with van der Waals surface area (Å²) in [4.78, 5) is 41.7. The molecule has 0 radical (unpaired) electrons. The van der Waals surface area contributed by atoms with Crippen molar-refractivity contribution in [1.82, 2.24) is 9.80 Å². The van der Waals surface area contributed by atoms with E-state index in [1.807, 2.05) is 48.2 Å². The van der Waals surface area contributed by atoms with Gasteiger partial charge in [0.2, 0.25) is 0 Å². The van der Waals surface area contributed by atoms with E-state index in [9.17, 15) is 14.4 Å². The third-order valence-corrected chi connectivity index (χ3v) is 5.95. The number of benzene rings is 2. The number of anilines is 1. The molecule has 31 heavy (non-hydrogen) atoms. The van der Waals surface area contributed by atoms with Crippen molar-refractivity contribution in [2.45, 2.75) is 39.3 Å². The Morgan fingerprint density at radius 1 is 1.10 bits per heavy atom. The lowest BCUT2D eigenvalue weighted by Crippen LogP contribution is -2.47. The third-order valence-electron chi connectivity index (χ3n) is 5.95. The minimum Gasteiger partial charge on any atom is -0.450 e. The van der Waals surface area contributed by atoms with Crippen LogP contribution in [0.5, 0.6) is 0 Å². The first kappa shape index (κ1) is 20.9. The van der Waals surface area contributed by atoms with Crippen molar-refractivity contribution in [3.8, 4) is 0 Å². The molecular formula is C24H27N3O4. The number of likely N-dealkylation sites (tertiary alicyclic amines) is 1. The molecule has 2 aromatic rings. The fraction of sp³-hybridized carbons (Fsp3) is 0.375. The molecule has 2 aliphatic rings. The van der Waals surface area contributed by atoms with E-state index in [2.05, 4.69) is 5.32 Å². The zero-order valence-electron chi connectivity index (χ0n) is 17.9. The molecule has 1 saturated heterocycles. The molecule has 162 valence electrons. The van der Waals surface area contributed by atoms with Crippen LogP contribution in [-0.2, 0) is 11.3 Å². The van der Waals surface area contributed by atoms with Gasteiger partial charge in [0.25, 0.3) is 11.8 Å². The first-order chi connectivity index (χ1) is 15.0. The molecule has 1 fully saturated rings. The molecule has 0 atom stereocenters. The Bertz CT molecular complexity index is 994. The van der Waals surface area contributed by atoms with E-state index in [0.29, 0.717) is 55.9 Å². The monoisotopic (exact) mass is 421 g/mol. The van der Waals surface area contributed by atoms with E-state index in [0.717, 1.165) is 11.1 Å². The van der Waals surface area contributed by atoms with Crippen LogP contribution >= 0.6 is 0 Å². The average molecular weight is 421 g/mol. The molecule has 0 spiro atoms. The van der Waals surface area contributed by atoms with E-state index in [1.54, 1.807) is 17.9 Å². The highest BCUT2D eigenvalue weighted by Crippen LogP contribution is 2.31. The second-order valence-corrected chi connectivity index (χ2v) is 8.01. The fourth-order valence-corrected chi connectivity index (χ4v) is 4.28. The van der Waals surface area contributed by atoms with E-state index in [4.69, 9.17) is 4.74 Å². The number of carbonyl (C=O) groups excluding carboxylic acids is 3. The predicted molar refractivity (Wildman–Crippen MR) is 117 cm³/mol. The van der Waals surface area contributed by atoms with Gasteiger partial charge < -0.3 is 19.9 Å². The normalized spacial score (nSPS) is 16.3. The lowest BCUT2D eigenvalue weighted by atomic mass is 10.0. The Morgan fingerprint density at radius 2 is 1.81 bits per heavy atom. The van der Waals surface area contributed by atoms with Crippen molar-refractivity contribution < 1.29 is 19.1 Å². The number of rotatable bonds is 4. The molecule has 2 heterocycles. The molecule has 7 heteroatoms. The first-order valence-corrected chi connectivity index (χ1v) is 10.7. The molecule has 2 aliphatic heterocycles. The summed E-state index contributed by atoms with van der Waals surface area (Å²) in [5.74, 6) is -0.396. The van der Waals surface area contributed by atoms with Gasteiger partial charge in [-0.3, -0.25) is 9.59 Å². The highest BCUT2D eigenvalue weighted by Gasteiger charge is 2.37. The fourth-order valence-electron chi connectivity index (χ4n) is 4.28. The smallest absolute Gasteiger partial charge is 0.409 e. The van der Waals surface area contributed by atoms with Gasteiger partial charge in [0.05, 0.1) is 17.7 Å².